The molecule has 1 atom stereocenters. The quantitative estimate of drug-likeness (QED) is 0.407. The molecular formula is C5H11N3S. The van der Waals surface area contributed by atoms with Gasteiger partial charge in [-0.2, -0.15) is 0 Å². The summed E-state index contributed by atoms with van der Waals surface area (Å²) in [6.07, 6.45) is 0. The van der Waals surface area contributed by atoms with Crippen LogP contribution in [0.2, 0.25) is 0 Å². The normalized spacial score (nSPS) is 27.8. The summed E-state index contributed by atoms with van der Waals surface area (Å²) in [6, 6.07) is 0.203. The van der Waals surface area contributed by atoms with Crippen LogP contribution in [0.3, 0.4) is 0 Å². The third kappa shape index (κ3) is 1.89. The van der Waals surface area contributed by atoms with Crippen molar-refractivity contribution in [2.75, 3.05) is 19.6 Å². The highest BCUT2D eigenvalue weighted by Crippen LogP contribution is 1.85. The summed E-state index contributed by atoms with van der Waals surface area (Å²) >= 11 is 4.79. The second kappa shape index (κ2) is 3.10. The first-order chi connectivity index (χ1) is 4.30. The molecule has 1 aliphatic heterocycles. The second-order valence-corrected chi connectivity index (χ2v) is 2.58. The molecule has 0 aromatic carbocycles. The Morgan fingerprint density at radius 3 is 2.67 bits per heavy atom. The van der Waals surface area contributed by atoms with Crippen molar-refractivity contribution in [1.29, 1.82) is 0 Å². The van der Waals surface area contributed by atoms with Crippen molar-refractivity contribution in [2.24, 2.45) is 5.73 Å². The van der Waals surface area contributed by atoms with Crippen LogP contribution in [0, 0.1) is 0 Å². The number of rotatable bonds is 1. The van der Waals surface area contributed by atoms with E-state index < -0.39 is 0 Å². The van der Waals surface area contributed by atoms with E-state index in [1.165, 1.54) is 0 Å². The summed E-state index contributed by atoms with van der Waals surface area (Å²) in [5.74, 6) is 0. The number of hydrogen-bond donors (Lipinski definition) is 3. The molecule has 0 aromatic heterocycles. The molecule has 1 saturated heterocycles. The van der Waals surface area contributed by atoms with Gasteiger partial charge in [-0.3, -0.25) is 0 Å². The topological polar surface area (TPSA) is 50.1 Å². The molecule has 3 nitrogen and oxygen atoms in total. The molecule has 1 fully saturated rings. The van der Waals surface area contributed by atoms with Crippen LogP contribution in [0.4, 0.5) is 0 Å². The van der Waals surface area contributed by atoms with Crippen molar-refractivity contribution < 1.29 is 0 Å². The van der Waals surface area contributed by atoms with Crippen LogP contribution in [-0.2, 0) is 0 Å². The monoisotopic (exact) mass is 145 g/mol. The van der Waals surface area contributed by atoms with Gasteiger partial charge < -0.3 is 16.4 Å². The van der Waals surface area contributed by atoms with E-state index in [1.807, 2.05) is 0 Å². The first kappa shape index (κ1) is 6.92. The van der Waals surface area contributed by atoms with Gasteiger partial charge in [0.25, 0.3) is 0 Å². The smallest absolute Gasteiger partial charge is 0.0912 e. The average molecular weight is 145 g/mol. The van der Waals surface area contributed by atoms with Gasteiger partial charge >= 0.3 is 0 Å². The molecule has 0 spiro atoms. The summed E-state index contributed by atoms with van der Waals surface area (Å²) in [5.41, 5.74) is 5.40. The maximum atomic E-state index is 5.40. The molecule has 0 amide bonds. The molecule has 0 bridgehead atoms. The van der Waals surface area contributed by atoms with Gasteiger partial charge in [-0.1, -0.05) is 12.2 Å². The molecule has 4 N–H and O–H groups in total. The number of hydrogen-bond acceptors (Lipinski definition) is 3. The third-order valence-electron chi connectivity index (χ3n) is 1.38. The van der Waals surface area contributed by atoms with Crippen molar-refractivity contribution in [3.05, 3.63) is 0 Å². The predicted octanol–water partition coefficient (Wildman–Crippen LogP) is -1.17. The zero-order valence-electron chi connectivity index (χ0n) is 5.18. The minimum Gasteiger partial charge on any atom is -0.392 e. The standard InChI is InChI=1S/C5H11N3S/c6-5(9)4-3-7-1-2-8-4/h4,7-8H,1-3H2,(H2,6,9). The molecule has 4 heteroatoms. The maximum absolute atomic E-state index is 5.40. The summed E-state index contributed by atoms with van der Waals surface area (Å²) in [7, 11) is 0. The molecule has 0 radical (unpaired) electrons. The van der Waals surface area contributed by atoms with Gasteiger partial charge in [0.15, 0.2) is 0 Å². The number of piperazine rings is 1. The molecule has 1 unspecified atom stereocenters. The Balaban J connectivity index is 2.31. The predicted molar refractivity (Wildman–Crippen MR) is 41.4 cm³/mol. The van der Waals surface area contributed by atoms with Gasteiger partial charge in [0.05, 0.1) is 11.0 Å². The lowest BCUT2D eigenvalue weighted by molar-refractivity contribution is 0.489. The van der Waals surface area contributed by atoms with Crippen LogP contribution in [-0.4, -0.2) is 30.7 Å². The van der Waals surface area contributed by atoms with Crippen LogP contribution in [0.1, 0.15) is 0 Å². The van der Waals surface area contributed by atoms with Crippen molar-refractivity contribution >= 4 is 17.2 Å². The molecular weight excluding hydrogens is 134 g/mol. The van der Waals surface area contributed by atoms with Crippen molar-refractivity contribution in [3.8, 4) is 0 Å². The Morgan fingerprint density at radius 2 is 2.33 bits per heavy atom. The first-order valence-corrected chi connectivity index (χ1v) is 3.45. The fourth-order valence-corrected chi connectivity index (χ4v) is 1.02. The van der Waals surface area contributed by atoms with Crippen LogP contribution in [0.15, 0.2) is 0 Å². The Kier molecular flexibility index (Phi) is 2.38. The van der Waals surface area contributed by atoms with Gasteiger partial charge in [0, 0.05) is 19.6 Å². The molecule has 0 saturated carbocycles. The summed E-state index contributed by atoms with van der Waals surface area (Å²) in [6.45, 7) is 2.84. The first-order valence-electron chi connectivity index (χ1n) is 3.04. The molecule has 1 rings (SSSR count). The van der Waals surface area contributed by atoms with Crippen LogP contribution < -0.4 is 16.4 Å². The molecule has 9 heavy (non-hydrogen) atoms. The van der Waals surface area contributed by atoms with Gasteiger partial charge in [-0.25, -0.2) is 0 Å². The van der Waals surface area contributed by atoms with Gasteiger partial charge in [0.2, 0.25) is 0 Å². The van der Waals surface area contributed by atoms with E-state index in [-0.39, 0.29) is 6.04 Å². The molecule has 0 aromatic rings. The van der Waals surface area contributed by atoms with E-state index in [1.54, 1.807) is 0 Å². The lowest BCUT2D eigenvalue weighted by Crippen LogP contribution is -2.53. The van der Waals surface area contributed by atoms with Crippen LogP contribution >= 0.6 is 12.2 Å². The maximum Gasteiger partial charge on any atom is 0.0912 e. The van der Waals surface area contributed by atoms with Gasteiger partial charge in [-0.15, -0.1) is 0 Å². The Hall–Kier alpha value is -0.190. The van der Waals surface area contributed by atoms with E-state index in [2.05, 4.69) is 10.6 Å². The van der Waals surface area contributed by atoms with Crippen molar-refractivity contribution in [2.45, 2.75) is 6.04 Å². The SMILES string of the molecule is NC(=S)C1CNCCN1. The van der Waals surface area contributed by atoms with E-state index in [0.29, 0.717) is 4.99 Å². The van der Waals surface area contributed by atoms with Crippen molar-refractivity contribution in [1.82, 2.24) is 10.6 Å². The summed E-state index contributed by atoms with van der Waals surface area (Å²) in [4.78, 5) is 0.558. The number of nitrogens with two attached hydrogens (primary N) is 1. The van der Waals surface area contributed by atoms with Gasteiger partial charge in [-0.05, 0) is 0 Å². The zero-order chi connectivity index (χ0) is 6.69. The third-order valence-corrected chi connectivity index (χ3v) is 1.67. The minimum atomic E-state index is 0.203. The fourth-order valence-electron chi connectivity index (χ4n) is 0.855. The molecule has 0 aliphatic carbocycles. The Morgan fingerprint density at radius 1 is 1.56 bits per heavy atom. The Labute approximate surface area is 60.0 Å². The lowest BCUT2D eigenvalue weighted by atomic mass is 10.2. The highest BCUT2D eigenvalue weighted by atomic mass is 32.1. The second-order valence-electron chi connectivity index (χ2n) is 2.11. The molecule has 1 aliphatic rings. The van der Waals surface area contributed by atoms with E-state index >= 15 is 0 Å². The molecule has 1 heterocycles. The average Bonchev–Trinajstić information content (AvgIpc) is 1.90. The van der Waals surface area contributed by atoms with E-state index in [4.69, 9.17) is 18.0 Å². The van der Waals surface area contributed by atoms with Crippen molar-refractivity contribution in [3.63, 3.8) is 0 Å². The highest BCUT2D eigenvalue weighted by Gasteiger charge is 2.12. The number of thiocarbonyl (C=S) groups is 1. The largest absolute Gasteiger partial charge is 0.392 e. The highest BCUT2D eigenvalue weighted by molar-refractivity contribution is 7.80. The van der Waals surface area contributed by atoms with E-state index in [0.717, 1.165) is 19.6 Å². The fraction of sp³-hybridized carbons (Fsp3) is 0.800. The van der Waals surface area contributed by atoms with Crippen LogP contribution in [0.5, 0.6) is 0 Å². The Bertz CT molecular complexity index is 109. The minimum absolute atomic E-state index is 0.203. The molecule has 52 valence electrons. The summed E-state index contributed by atoms with van der Waals surface area (Å²) in [5, 5.41) is 6.38. The summed E-state index contributed by atoms with van der Waals surface area (Å²) < 4.78 is 0. The van der Waals surface area contributed by atoms with E-state index in [9.17, 15) is 0 Å². The van der Waals surface area contributed by atoms with Crippen LogP contribution in [0.25, 0.3) is 0 Å². The number of nitrogens with one attached hydrogen (secondary N) is 2. The van der Waals surface area contributed by atoms with Gasteiger partial charge in [0.1, 0.15) is 0 Å². The lowest BCUT2D eigenvalue weighted by Gasteiger charge is -2.22. The zero-order valence-corrected chi connectivity index (χ0v) is 6.00.